The molecule has 1 aromatic carbocycles. The summed E-state index contributed by atoms with van der Waals surface area (Å²) in [5.41, 5.74) is 2.57. The number of aromatic amines is 1. The third-order valence-electron chi connectivity index (χ3n) is 4.84. The second-order valence-corrected chi connectivity index (χ2v) is 6.70. The summed E-state index contributed by atoms with van der Waals surface area (Å²) in [6.45, 7) is 4.65. The molecule has 0 spiro atoms. The molecule has 0 atom stereocenters. The van der Waals surface area contributed by atoms with E-state index in [0.717, 1.165) is 47.8 Å². The molecule has 1 aliphatic rings. The molecule has 1 N–H and O–H groups in total. The Morgan fingerprint density at radius 2 is 2.18 bits per heavy atom. The smallest absolute Gasteiger partial charge is 0.256 e. The summed E-state index contributed by atoms with van der Waals surface area (Å²) in [5, 5.41) is 0. The van der Waals surface area contributed by atoms with Crippen LogP contribution in [0.25, 0.3) is 11.6 Å². The molecule has 146 valence electrons. The molecule has 4 rings (SSSR count). The van der Waals surface area contributed by atoms with Crippen molar-refractivity contribution in [2.24, 2.45) is 0 Å². The van der Waals surface area contributed by atoms with Gasteiger partial charge < -0.3 is 18.9 Å². The lowest BCUT2D eigenvalue weighted by molar-refractivity contribution is 0.241. The topological polar surface area (TPSA) is 80.6 Å². The summed E-state index contributed by atoms with van der Waals surface area (Å²) in [5.74, 6) is 2.52. The molecule has 3 aromatic rings. The summed E-state index contributed by atoms with van der Waals surface area (Å²) in [7, 11) is 1.64. The van der Waals surface area contributed by atoms with Crippen LogP contribution in [0.5, 0.6) is 11.5 Å². The van der Waals surface area contributed by atoms with E-state index < -0.39 is 0 Å². The van der Waals surface area contributed by atoms with Crippen molar-refractivity contribution in [3.8, 4) is 23.1 Å². The zero-order valence-electron chi connectivity index (χ0n) is 16.0. The number of aromatic nitrogens is 2. The minimum Gasteiger partial charge on any atom is -0.493 e. The van der Waals surface area contributed by atoms with Crippen molar-refractivity contribution in [1.29, 1.82) is 0 Å². The van der Waals surface area contributed by atoms with Gasteiger partial charge in [-0.1, -0.05) is 6.07 Å². The zero-order valence-corrected chi connectivity index (χ0v) is 16.0. The molecule has 0 saturated heterocycles. The van der Waals surface area contributed by atoms with Crippen LogP contribution in [0, 0.1) is 0 Å². The van der Waals surface area contributed by atoms with Crippen LogP contribution in [0.1, 0.15) is 23.7 Å². The highest BCUT2D eigenvalue weighted by molar-refractivity contribution is 5.47. The van der Waals surface area contributed by atoms with E-state index in [1.54, 1.807) is 25.5 Å². The van der Waals surface area contributed by atoms with Crippen LogP contribution in [-0.2, 0) is 19.5 Å². The largest absolute Gasteiger partial charge is 0.493 e. The zero-order chi connectivity index (χ0) is 19.5. The number of hydrogen-bond acceptors (Lipinski definition) is 6. The number of ether oxygens (including phenoxy) is 2. The first kappa shape index (κ1) is 18.3. The van der Waals surface area contributed by atoms with Crippen LogP contribution in [0.15, 0.2) is 45.8 Å². The average Bonchev–Trinajstić information content (AvgIpc) is 3.24. The molecule has 0 aliphatic carbocycles. The van der Waals surface area contributed by atoms with Crippen LogP contribution in [-0.4, -0.2) is 35.1 Å². The maximum absolute atomic E-state index is 12.6. The van der Waals surface area contributed by atoms with E-state index in [9.17, 15) is 4.79 Å². The van der Waals surface area contributed by atoms with Gasteiger partial charge in [-0.3, -0.25) is 9.69 Å². The average molecular weight is 381 g/mol. The number of fused-ring (bicyclic) bond motifs is 1. The Bertz CT molecular complexity index is 1010. The first-order chi connectivity index (χ1) is 13.7. The van der Waals surface area contributed by atoms with Crippen molar-refractivity contribution in [3.05, 3.63) is 63.8 Å². The van der Waals surface area contributed by atoms with E-state index >= 15 is 0 Å². The molecule has 0 bridgehead atoms. The Balaban J connectivity index is 1.52. The number of methoxy groups -OCH3 is 1. The number of benzene rings is 1. The molecule has 0 radical (unpaired) electrons. The molecule has 7 heteroatoms. The van der Waals surface area contributed by atoms with Gasteiger partial charge in [0.15, 0.2) is 23.1 Å². The van der Waals surface area contributed by atoms with Crippen molar-refractivity contribution in [2.75, 3.05) is 20.3 Å². The van der Waals surface area contributed by atoms with E-state index in [1.165, 1.54) is 0 Å². The van der Waals surface area contributed by atoms with Crippen LogP contribution in [0.3, 0.4) is 0 Å². The first-order valence-electron chi connectivity index (χ1n) is 9.36. The normalized spacial score (nSPS) is 13.9. The fraction of sp³-hybridized carbons (Fsp3) is 0.333. The summed E-state index contributed by atoms with van der Waals surface area (Å²) in [6, 6.07) is 9.52. The summed E-state index contributed by atoms with van der Waals surface area (Å²) >= 11 is 0. The highest BCUT2D eigenvalue weighted by Crippen LogP contribution is 2.29. The van der Waals surface area contributed by atoms with Crippen LogP contribution in [0.2, 0.25) is 0 Å². The summed E-state index contributed by atoms with van der Waals surface area (Å²) in [4.78, 5) is 22.3. The molecule has 3 heterocycles. The molecule has 28 heavy (non-hydrogen) atoms. The second kappa shape index (κ2) is 7.90. The highest BCUT2D eigenvalue weighted by atomic mass is 16.5. The maximum atomic E-state index is 12.6. The van der Waals surface area contributed by atoms with E-state index in [-0.39, 0.29) is 5.56 Å². The molecule has 7 nitrogen and oxygen atoms in total. The van der Waals surface area contributed by atoms with E-state index in [4.69, 9.17) is 13.9 Å². The minimum absolute atomic E-state index is 0.106. The van der Waals surface area contributed by atoms with Gasteiger partial charge in [-0.05, 0) is 36.8 Å². The van der Waals surface area contributed by atoms with Gasteiger partial charge in [0.05, 0.1) is 31.2 Å². The SMILES string of the molecule is CCOc1ccc(CN2CCc3nc(-c4ccco4)[nH]c(=O)c3C2)cc1OC. The lowest BCUT2D eigenvalue weighted by Gasteiger charge is -2.27. The van der Waals surface area contributed by atoms with E-state index in [2.05, 4.69) is 14.9 Å². The molecule has 0 fully saturated rings. The number of hydrogen-bond donors (Lipinski definition) is 1. The van der Waals surface area contributed by atoms with Gasteiger partial charge in [-0.2, -0.15) is 0 Å². The third kappa shape index (κ3) is 3.66. The Morgan fingerprint density at radius 3 is 2.93 bits per heavy atom. The minimum atomic E-state index is -0.106. The Hall–Kier alpha value is -3.06. The number of H-pyrrole nitrogens is 1. The Labute approximate surface area is 162 Å². The fourth-order valence-corrected chi connectivity index (χ4v) is 3.49. The van der Waals surface area contributed by atoms with Gasteiger partial charge >= 0.3 is 0 Å². The molecule has 1 aliphatic heterocycles. The van der Waals surface area contributed by atoms with Gasteiger partial charge in [0.2, 0.25) is 0 Å². The quantitative estimate of drug-likeness (QED) is 0.707. The van der Waals surface area contributed by atoms with Gasteiger partial charge in [0.25, 0.3) is 5.56 Å². The number of furan rings is 1. The van der Waals surface area contributed by atoms with Crippen LogP contribution in [0.4, 0.5) is 0 Å². The monoisotopic (exact) mass is 381 g/mol. The Morgan fingerprint density at radius 1 is 1.29 bits per heavy atom. The predicted octanol–water partition coefficient (Wildman–Crippen LogP) is 3.00. The van der Waals surface area contributed by atoms with Gasteiger partial charge in [0.1, 0.15) is 0 Å². The van der Waals surface area contributed by atoms with Crippen molar-refractivity contribution in [1.82, 2.24) is 14.9 Å². The molecule has 0 amide bonds. The van der Waals surface area contributed by atoms with E-state index in [1.807, 2.05) is 25.1 Å². The molecule has 0 unspecified atom stereocenters. The standard InChI is InChI=1S/C21H23N3O4/c1-3-27-17-7-6-14(11-19(17)26-2)12-24-9-8-16-15(13-24)21(25)23-20(22-16)18-5-4-10-28-18/h4-7,10-11H,3,8-9,12-13H2,1-2H3,(H,22,23,25). The van der Waals surface area contributed by atoms with Gasteiger partial charge in [0, 0.05) is 26.1 Å². The van der Waals surface area contributed by atoms with Crippen LogP contribution < -0.4 is 15.0 Å². The highest BCUT2D eigenvalue weighted by Gasteiger charge is 2.22. The van der Waals surface area contributed by atoms with Gasteiger partial charge in [-0.25, -0.2) is 4.98 Å². The van der Waals surface area contributed by atoms with Crippen molar-refractivity contribution >= 4 is 0 Å². The molecular weight excluding hydrogens is 358 g/mol. The second-order valence-electron chi connectivity index (χ2n) is 6.70. The van der Waals surface area contributed by atoms with Crippen molar-refractivity contribution in [2.45, 2.75) is 26.4 Å². The first-order valence-corrected chi connectivity index (χ1v) is 9.36. The number of nitrogens with one attached hydrogen (secondary N) is 1. The maximum Gasteiger partial charge on any atom is 0.256 e. The number of rotatable bonds is 6. The van der Waals surface area contributed by atoms with E-state index in [0.29, 0.717) is 24.7 Å². The molecular formula is C21H23N3O4. The summed E-state index contributed by atoms with van der Waals surface area (Å²) in [6.07, 6.45) is 2.29. The summed E-state index contributed by atoms with van der Waals surface area (Å²) < 4.78 is 16.4. The third-order valence-corrected chi connectivity index (χ3v) is 4.84. The van der Waals surface area contributed by atoms with Crippen molar-refractivity contribution in [3.63, 3.8) is 0 Å². The lowest BCUT2D eigenvalue weighted by atomic mass is 10.1. The van der Waals surface area contributed by atoms with Gasteiger partial charge in [-0.15, -0.1) is 0 Å². The molecule has 0 saturated carbocycles. The van der Waals surface area contributed by atoms with Crippen molar-refractivity contribution < 1.29 is 13.9 Å². The predicted molar refractivity (Wildman–Crippen MR) is 105 cm³/mol. The van der Waals surface area contributed by atoms with Crippen LogP contribution >= 0.6 is 0 Å². The fourth-order valence-electron chi connectivity index (χ4n) is 3.49. The lowest BCUT2D eigenvalue weighted by Crippen LogP contribution is -2.35. The Kier molecular flexibility index (Phi) is 5.16. The number of nitrogens with zero attached hydrogens (tertiary/aromatic N) is 2. The molecule has 2 aromatic heterocycles.